The second kappa shape index (κ2) is 13.7. The van der Waals surface area contributed by atoms with Gasteiger partial charge in [-0.25, -0.2) is 9.78 Å². The van der Waals surface area contributed by atoms with Gasteiger partial charge in [-0.3, -0.25) is 24.0 Å². The van der Waals surface area contributed by atoms with E-state index in [-0.39, 0.29) is 52.4 Å². The number of carbonyl (C=O) groups is 6. The van der Waals surface area contributed by atoms with E-state index < -0.39 is 47.8 Å². The number of hydrogen-bond donors (Lipinski definition) is 4. The number of urea groups is 1. The van der Waals surface area contributed by atoms with Crippen molar-refractivity contribution in [3.05, 3.63) is 29.6 Å². The third kappa shape index (κ3) is 7.51. The molecule has 0 bridgehead atoms. The number of fused-ring (bicyclic) bond motifs is 1. The van der Waals surface area contributed by atoms with E-state index in [2.05, 4.69) is 34.8 Å². The summed E-state index contributed by atoms with van der Waals surface area (Å²) >= 11 is 0. The third-order valence-electron chi connectivity index (χ3n) is 11.0. The normalized spacial score (nSPS) is 25.2. The van der Waals surface area contributed by atoms with Gasteiger partial charge >= 0.3 is 6.03 Å². The third-order valence-corrected chi connectivity index (χ3v) is 11.0. The van der Waals surface area contributed by atoms with Gasteiger partial charge in [0.15, 0.2) is 0 Å². The SMILES string of the molecule is Cc1cccc(C(=O)[C@@H](NC(=O)N[C@H](C(=O)N2C[C@H]3[C@@H]([C@H]2C(=O)NC(CC2CC2)C(=O)C(N)=O)C3(C)C)C2CCCCC2)C(C)C)n1. The number of likely N-dealkylation sites (tertiary alicyclic amines) is 1. The molecule has 1 unspecified atom stereocenters. The van der Waals surface area contributed by atoms with Crippen LogP contribution in [-0.4, -0.2) is 75.9 Å². The molecule has 4 fully saturated rings. The van der Waals surface area contributed by atoms with Crippen LogP contribution in [0.3, 0.4) is 0 Å². The smallest absolute Gasteiger partial charge is 0.316 e. The van der Waals surface area contributed by atoms with Crippen molar-refractivity contribution >= 4 is 35.3 Å². The number of amides is 5. The van der Waals surface area contributed by atoms with Gasteiger partial charge in [-0.15, -0.1) is 0 Å². The minimum atomic E-state index is -1.09. The minimum absolute atomic E-state index is 0.0847. The predicted molar refractivity (Wildman–Crippen MR) is 174 cm³/mol. The number of primary amides is 1. The fourth-order valence-electron chi connectivity index (χ4n) is 7.89. The van der Waals surface area contributed by atoms with Gasteiger partial charge in [-0.2, -0.15) is 0 Å². The summed E-state index contributed by atoms with van der Waals surface area (Å²) in [5, 5.41) is 8.53. The van der Waals surface area contributed by atoms with Crippen molar-refractivity contribution in [2.45, 2.75) is 110 Å². The summed E-state index contributed by atoms with van der Waals surface area (Å²) in [5.74, 6) is -3.23. The van der Waals surface area contributed by atoms with Gasteiger partial charge < -0.3 is 26.6 Å². The summed E-state index contributed by atoms with van der Waals surface area (Å²) in [6, 6.07) is 0.887. The van der Waals surface area contributed by atoms with E-state index in [1.165, 1.54) is 0 Å². The Hall–Kier alpha value is -3.83. The monoisotopic (exact) mass is 650 g/mol. The van der Waals surface area contributed by atoms with Crippen molar-refractivity contribution < 1.29 is 28.8 Å². The standard InChI is InChI=1S/C35H50N6O6/c1-18(2)26(29(42)23-13-9-10-19(3)37-23)39-34(47)40-27(21-11-7-6-8-12-21)33(46)41-17-22-25(35(22,4)5)28(41)32(45)38-24(16-20-14-15-20)30(43)31(36)44/h9-10,13,18,20-22,24-28H,6-8,11-12,14-17H2,1-5H3,(H2,36,44)(H,38,45)(H2,39,40,47)/t22-,24?,25-,26-,27-,28-/m0/s1. The Morgan fingerprint density at radius 1 is 0.979 bits per heavy atom. The Bertz CT molecular complexity index is 1420. The molecule has 1 aromatic heterocycles. The molecular formula is C35H50N6O6. The van der Waals surface area contributed by atoms with Gasteiger partial charge in [0.2, 0.25) is 23.4 Å². The number of Topliss-reactive ketones (excluding diaryl/α,β-unsaturated/α-hetero) is 2. The van der Waals surface area contributed by atoms with Crippen LogP contribution in [0, 0.1) is 41.9 Å². The Labute approximate surface area is 276 Å². The van der Waals surface area contributed by atoms with Crippen molar-refractivity contribution in [3.8, 4) is 0 Å². The van der Waals surface area contributed by atoms with Crippen LogP contribution >= 0.6 is 0 Å². The predicted octanol–water partition coefficient (Wildman–Crippen LogP) is 2.67. The molecule has 4 aliphatic rings. The zero-order chi connectivity index (χ0) is 34.2. The van der Waals surface area contributed by atoms with Crippen molar-refractivity contribution in [3.63, 3.8) is 0 Å². The maximum atomic E-state index is 14.5. The van der Waals surface area contributed by atoms with Crippen LogP contribution in [0.5, 0.6) is 0 Å². The number of pyridine rings is 1. The molecule has 12 nitrogen and oxygen atoms in total. The molecule has 1 aliphatic heterocycles. The quantitative estimate of drug-likeness (QED) is 0.187. The van der Waals surface area contributed by atoms with Crippen LogP contribution in [0.4, 0.5) is 4.79 Å². The van der Waals surface area contributed by atoms with E-state index >= 15 is 0 Å². The first kappa shape index (κ1) is 34.5. The second-order valence-corrected chi connectivity index (χ2v) is 15.1. The molecular weight excluding hydrogens is 600 g/mol. The van der Waals surface area contributed by atoms with Crippen LogP contribution in [0.15, 0.2) is 18.2 Å². The highest BCUT2D eigenvalue weighted by Gasteiger charge is 2.69. The molecule has 5 rings (SSSR count). The molecule has 47 heavy (non-hydrogen) atoms. The van der Waals surface area contributed by atoms with E-state index in [1.54, 1.807) is 30.0 Å². The zero-order valence-electron chi connectivity index (χ0n) is 28.2. The molecule has 0 spiro atoms. The van der Waals surface area contributed by atoms with Crippen LogP contribution < -0.4 is 21.7 Å². The lowest BCUT2D eigenvalue weighted by Crippen LogP contribution is -2.61. The minimum Gasteiger partial charge on any atom is -0.363 e. The van der Waals surface area contributed by atoms with Gasteiger partial charge in [0.05, 0.1) is 12.1 Å². The number of carbonyl (C=O) groups excluding carboxylic acids is 6. The summed E-state index contributed by atoms with van der Waals surface area (Å²) < 4.78 is 0. The van der Waals surface area contributed by atoms with E-state index in [0.717, 1.165) is 44.9 Å². The van der Waals surface area contributed by atoms with Crippen LogP contribution in [-0.2, 0) is 19.2 Å². The number of rotatable bonds is 13. The first-order valence-electron chi connectivity index (χ1n) is 17.2. The van der Waals surface area contributed by atoms with Crippen LogP contribution in [0.2, 0.25) is 0 Å². The topological polar surface area (TPSA) is 181 Å². The van der Waals surface area contributed by atoms with Gasteiger partial charge in [-0.1, -0.05) is 65.9 Å². The number of nitrogens with one attached hydrogen (secondary N) is 3. The fourth-order valence-corrected chi connectivity index (χ4v) is 7.89. The average Bonchev–Trinajstić information content (AvgIpc) is 3.88. The van der Waals surface area contributed by atoms with Crippen molar-refractivity contribution in [1.82, 2.24) is 25.8 Å². The number of aromatic nitrogens is 1. The van der Waals surface area contributed by atoms with Gasteiger partial charge in [0.25, 0.3) is 5.91 Å². The lowest BCUT2D eigenvalue weighted by molar-refractivity contribution is -0.144. The van der Waals surface area contributed by atoms with Crippen LogP contribution in [0.1, 0.15) is 95.2 Å². The summed E-state index contributed by atoms with van der Waals surface area (Å²) in [4.78, 5) is 85.8. The molecule has 0 radical (unpaired) electrons. The molecule has 0 aromatic carbocycles. The Balaban J connectivity index is 1.36. The summed E-state index contributed by atoms with van der Waals surface area (Å²) in [6.45, 7) is 9.95. The number of nitrogens with two attached hydrogens (primary N) is 1. The number of hydrogen-bond acceptors (Lipinski definition) is 7. The van der Waals surface area contributed by atoms with E-state index in [4.69, 9.17) is 5.73 Å². The number of aryl methyl sites for hydroxylation is 1. The Morgan fingerprint density at radius 3 is 2.26 bits per heavy atom. The summed E-state index contributed by atoms with van der Waals surface area (Å²) in [5.41, 5.74) is 6.08. The average molecular weight is 651 g/mol. The molecule has 3 aliphatic carbocycles. The van der Waals surface area contributed by atoms with Gasteiger partial charge in [0.1, 0.15) is 17.8 Å². The maximum Gasteiger partial charge on any atom is 0.316 e. The number of ketones is 2. The van der Waals surface area contributed by atoms with Crippen LogP contribution in [0.25, 0.3) is 0 Å². The molecule has 5 N–H and O–H groups in total. The lowest BCUT2D eigenvalue weighted by atomic mass is 9.83. The first-order chi connectivity index (χ1) is 22.2. The van der Waals surface area contributed by atoms with Gasteiger partial charge in [0, 0.05) is 12.2 Å². The molecule has 12 heteroatoms. The highest BCUT2D eigenvalue weighted by molar-refractivity contribution is 6.37. The summed E-state index contributed by atoms with van der Waals surface area (Å²) in [7, 11) is 0. The molecule has 5 amide bonds. The highest BCUT2D eigenvalue weighted by atomic mass is 16.2. The van der Waals surface area contributed by atoms with E-state index in [1.807, 2.05) is 13.8 Å². The highest BCUT2D eigenvalue weighted by Crippen LogP contribution is 2.65. The van der Waals surface area contributed by atoms with E-state index in [9.17, 15) is 28.8 Å². The molecule has 256 valence electrons. The summed E-state index contributed by atoms with van der Waals surface area (Å²) in [6.07, 6.45) is 6.56. The van der Waals surface area contributed by atoms with Crippen molar-refractivity contribution in [2.24, 2.45) is 40.7 Å². The number of nitrogens with zero attached hydrogens (tertiary/aromatic N) is 2. The molecule has 2 heterocycles. The van der Waals surface area contributed by atoms with Crippen molar-refractivity contribution in [2.75, 3.05) is 6.54 Å². The molecule has 3 saturated carbocycles. The zero-order valence-corrected chi connectivity index (χ0v) is 28.2. The Kier molecular flexibility index (Phi) is 10.1. The Morgan fingerprint density at radius 2 is 1.66 bits per heavy atom. The molecule has 1 aromatic rings. The van der Waals surface area contributed by atoms with Gasteiger partial charge in [-0.05, 0) is 73.3 Å². The number of piperidine rings is 1. The molecule has 6 atom stereocenters. The molecule has 1 saturated heterocycles. The fraction of sp³-hybridized carbons (Fsp3) is 0.686. The maximum absolute atomic E-state index is 14.5. The largest absolute Gasteiger partial charge is 0.363 e. The van der Waals surface area contributed by atoms with Crippen molar-refractivity contribution in [1.29, 1.82) is 0 Å². The lowest BCUT2D eigenvalue weighted by Gasteiger charge is -2.37. The van der Waals surface area contributed by atoms with E-state index in [0.29, 0.717) is 18.7 Å². The first-order valence-corrected chi connectivity index (χ1v) is 17.2. The second-order valence-electron chi connectivity index (χ2n) is 15.1.